The van der Waals surface area contributed by atoms with E-state index >= 15 is 0 Å². The number of amides is 1. The standard InChI is InChI=1S/C17H24N2O2/c18-16(20)17(8-10-21-11-9-17)12-19-15(14-6-7-14)13-4-2-1-3-5-13/h1-5,14-15,19H,6-12H2,(H2,18,20)/t15-/m0/s1. The molecular weight excluding hydrogens is 264 g/mol. The van der Waals surface area contributed by atoms with Crippen molar-refractivity contribution in [3.8, 4) is 0 Å². The van der Waals surface area contributed by atoms with E-state index in [1.165, 1.54) is 18.4 Å². The number of carbonyl (C=O) groups is 1. The van der Waals surface area contributed by atoms with Crippen LogP contribution in [0.1, 0.15) is 37.3 Å². The van der Waals surface area contributed by atoms with E-state index in [4.69, 9.17) is 10.5 Å². The topological polar surface area (TPSA) is 64.4 Å². The Morgan fingerprint density at radius 2 is 1.95 bits per heavy atom. The first-order valence-corrected chi connectivity index (χ1v) is 7.87. The molecule has 3 rings (SSSR count). The van der Waals surface area contributed by atoms with Gasteiger partial charge in [-0.1, -0.05) is 30.3 Å². The highest BCUT2D eigenvalue weighted by atomic mass is 16.5. The molecule has 114 valence electrons. The summed E-state index contributed by atoms with van der Waals surface area (Å²) in [6.45, 7) is 1.91. The van der Waals surface area contributed by atoms with Crippen LogP contribution in [0, 0.1) is 11.3 Å². The molecule has 0 aromatic heterocycles. The van der Waals surface area contributed by atoms with Gasteiger partial charge in [-0.2, -0.15) is 0 Å². The molecule has 1 aliphatic carbocycles. The fourth-order valence-corrected chi connectivity index (χ4v) is 3.22. The number of carbonyl (C=O) groups excluding carboxylic acids is 1. The van der Waals surface area contributed by atoms with Crippen LogP contribution in [-0.4, -0.2) is 25.7 Å². The quantitative estimate of drug-likeness (QED) is 0.841. The van der Waals surface area contributed by atoms with E-state index in [2.05, 4.69) is 29.6 Å². The molecule has 4 nitrogen and oxygen atoms in total. The normalized spacial score (nSPS) is 22.7. The average molecular weight is 288 g/mol. The van der Waals surface area contributed by atoms with E-state index in [0.29, 0.717) is 31.7 Å². The summed E-state index contributed by atoms with van der Waals surface area (Å²) in [5.74, 6) is 0.498. The van der Waals surface area contributed by atoms with Crippen LogP contribution >= 0.6 is 0 Å². The minimum absolute atomic E-state index is 0.194. The van der Waals surface area contributed by atoms with E-state index < -0.39 is 5.41 Å². The SMILES string of the molecule is NC(=O)C1(CN[C@@H](c2ccccc2)C2CC2)CCOCC1. The summed E-state index contributed by atoms with van der Waals surface area (Å²) < 4.78 is 5.39. The molecule has 21 heavy (non-hydrogen) atoms. The number of hydrogen-bond acceptors (Lipinski definition) is 3. The predicted octanol–water partition coefficient (Wildman–Crippen LogP) is 2.01. The molecule has 1 aromatic rings. The van der Waals surface area contributed by atoms with Gasteiger partial charge in [-0.15, -0.1) is 0 Å². The molecule has 2 fully saturated rings. The molecule has 1 atom stereocenters. The van der Waals surface area contributed by atoms with Crippen LogP contribution in [-0.2, 0) is 9.53 Å². The van der Waals surface area contributed by atoms with Crippen molar-refractivity contribution in [1.29, 1.82) is 0 Å². The van der Waals surface area contributed by atoms with Crippen molar-refractivity contribution in [1.82, 2.24) is 5.32 Å². The van der Waals surface area contributed by atoms with Gasteiger partial charge in [0, 0.05) is 25.8 Å². The van der Waals surface area contributed by atoms with Gasteiger partial charge in [0.1, 0.15) is 0 Å². The third-order valence-electron chi connectivity index (χ3n) is 4.89. The van der Waals surface area contributed by atoms with Gasteiger partial charge in [0.05, 0.1) is 5.41 Å². The minimum atomic E-state index is -0.444. The van der Waals surface area contributed by atoms with E-state index in [1.807, 2.05) is 6.07 Å². The number of nitrogens with one attached hydrogen (secondary N) is 1. The summed E-state index contributed by atoms with van der Waals surface area (Å²) in [5.41, 5.74) is 6.55. The Morgan fingerprint density at radius 3 is 2.52 bits per heavy atom. The van der Waals surface area contributed by atoms with Gasteiger partial charge < -0.3 is 15.8 Å². The Labute approximate surface area is 126 Å². The van der Waals surface area contributed by atoms with E-state index in [1.54, 1.807) is 0 Å². The second-order valence-electron chi connectivity index (χ2n) is 6.36. The van der Waals surface area contributed by atoms with E-state index in [9.17, 15) is 4.79 Å². The minimum Gasteiger partial charge on any atom is -0.381 e. The fraction of sp³-hybridized carbons (Fsp3) is 0.588. The zero-order chi connectivity index (χ0) is 14.7. The van der Waals surface area contributed by atoms with Crippen LogP contribution < -0.4 is 11.1 Å². The molecule has 0 spiro atoms. The van der Waals surface area contributed by atoms with E-state index in [-0.39, 0.29) is 5.91 Å². The zero-order valence-electron chi connectivity index (χ0n) is 12.4. The van der Waals surface area contributed by atoms with Crippen molar-refractivity contribution in [3.63, 3.8) is 0 Å². The Bertz CT molecular complexity index is 479. The largest absolute Gasteiger partial charge is 0.381 e. The fourth-order valence-electron chi connectivity index (χ4n) is 3.22. The Balaban J connectivity index is 1.70. The zero-order valence-corrected chi connectivity index (χ0v) is 12.4. The van der Waals surface area contributed by atoms with Gasteiger partial charge in [-0.05, 0) is 37.2 Å². The first-order valence-electron chi connectivity index (χ1n) is 7.87. The molecular formula is C17H24N2O2. The highest BCUT2D eigenvalue weighted by Crippen LogP contribution is 2.41. The van der Waals surface area contributed by atoms with Crippen molar-refractivity contribution < 1.29 is 9.53 Å². The lowest BCUT2D eigenvalue weighted by molar-refractivity contribution is -0.133. The molecule has 1 saturated carbocycles. The molecule has 1 heterocycles. The molecule has 2 aliphatic rings. The monoisotopic (exact) mass is 288 g/mol. The summed E-state index contributed by atoms with van der Waals surface area (Å²) in [7, 11) is 0. The van der Waals surface area contributed by atoms with Crippen molar-refractivity contribution >= 4 is 5.91 Å². The summed E-state index contributed by atoms with van der Waals surface area (Å²) in [6.07, 6.45) is 3.97. The van der Waals surface area contributed by atoms with E-state index in [0.717, 1.165) is 12.8 Å². The average Bonchev–Trinajstić information content (AvgIpc) is 3.34. The Morgan fingerprint density at radius 1 is 1.29 bits per heavy atom. The number of benzene rings is 1. The van der Waals surface area contributed by atoms with Gasteiger partial charge in [-0.3, -0.25) is 4.79 Å². The Kier molecular flexibility index (Phi) is 4.27. The summed E-state index contributed by atoms with van der Waals surface area (Å²) in [4.78, 5) is 11.9. The molecule has 0 unspecified atom stereocenters. The van der Waals surface area contributed by atoms with Crippen molar-refractivity contribution in [2.24, 2.45) is 17.1 Å². The summed E-state index contributed by atoms with van der Waals surface area (Å²) in [5, 5.41) is 3.63. The number of hydrogen-bond donors (Lipinski definition) is 2. The molecule has 3 N–H and O–H groups in total. The predicted molar refractivity (Wildman–Crippen MR) is 81.6 cm³/mol. The first-order chi connectivity index (χ1) is 10.2. The van der Waals surface area contributed by atoms with Crippen LogP contribution in [0.3, 0.4) is 0 Å². The molecule has 4 heteroatoms. The maximum absolute atomic E-state index is 11.9. The smallest absolute Gasteiger partial charge is 0.225 e. The molecule has 1 aromatic carbocycles. The first kappa shape index (κ1) is 14.5. The highest BCUT2D eigenvalue weighted by Gasteiger charge is 2.40. The molecule has 1 aliphatic heterocycles. The van der Waals surface area contributed by atoms with Crippen LogP contribution in [0.15, 0.2) is 30.3 Å². The van der Waals surface area contributed by atoms with Gasteiger partial charge >= 0.3 is 0 Å². The van der Waals surface area contributed by atoms with Crippen LogP contribution in [0.25, 0.3) is 0 Å². The maximum Gasteiger partial charge on any atom is 0.225 e. The Hall–Kier alpha value is -1.39. The number of rotatable bonds is 6. The van der Waals surface area contributed by atoms with Gasteiger partial charge in [0.15, 0.2) is 0 Å². The summed E-state index contributed by atoms with van der Waals surface area (Å²) in [6, 6.07) is 10.9. The molecule has 1 saturated heterocycles. The lowest BCUT2D eigenvalue weighted by atomic mass is 9.79. The van der Waals surface area contributed by atoms with Crippen LogP contribution in [0.2, 0.25) is 0 Å². The van der Waals surface area contributed by atoms with Crippen LogP contribution in [0.4, 0.5) is 0 Å². The molecule has 1 amide bonds. The third-order valence-corrected chi connectivity index (χ3v) is 4.89. The molecule has 0 radical (unpaired) electrons. The summed E-state index contributed by atoms with van der Waals surface area (Å²) >= 11 is 0. The van der Waals surface area contributed by atoms with Crippen molar-refractivity contribution in [2.75, 3.05) is 19.8 Å². The van der Waals surface area contributed by atoms with Crippen molar-refractivity contribution in [3.05, 3.63) is 35.9 Å². The maximum atomic E-state index is 11.9. The second kappa shape index (κ2) is 6.16. The van der Waals surface area contributed by atoms with Gasteiger partial charge in [-0.25, -0.2) is 0 Å². The number of nitrogens with two attached hydrogens (primary N) is 1. The lowest BCUT2D eigenvalue weighted by Gasteiger charge is -2.36. The second-order valence-corrected chi connectivity index (χ2v) is 6.36. The highest BCUT2D eigenvalue weighted by molar-refractivity contribution is 5.81. The number of primary amides is 1. The lowest BCUT2D eigenvalue weighted by Crippen LogP contribution is -2.49. The number of ether oxygens (including phenoxy) is 1. The van der Waals surface area contributed by atoms with Gasteiger partial charge in [0.25, 0.3) is 0 Å². The molecule has 0 bridgehead atoms. The van der Waals surface area contributed by atoms with Gasteiger partial charge in [0.2, 0.25) is 5.91 Å². The van der Waals surface area contributed by atoms with Crippen molar-refractivity contribution in [2.45, 2.75) is 31.7 Å². The third kappa shape index (κ3) is 3.27. The van der Waals surface area contributed by atoms with Crippen LogP contribution in [0.5, 0.6) is 0 Å².